The van der Waals surface area contributed by atoms with Gasteiger partial charge in [-0.2, -0.15) is 4.31 Å². The van der Waals surface area contributed by atoms with Gasteiger partial charge in [-0.05, 0) is 42.7 Å². The molecule has 3 N–H and O–H groups in total. The summed E-state index contributed by atoms with van der Waals surface area (Å²) in [4.78, 5) is 29.7. The van der Waals surface area contributed by atoms with Crippen LogP contribution < -0.4 is 11.0 Å². The summed E-state index contributed by atoms with van der Waals surface area (Å²) in [5, 5.41) is 2.79. The number of H-pyrrole nitrogens is 2. The number of aromatic amines is 2. The number of carbonyl (C=O) groups excluding carboxylic acids is 1. The molecule has 0 aliphatic carbocycles. The van der Waals surface area contributed by atoms with Gasteiger partial charge in [-0.3, -0.25) is 4.79 Å². The van der Waals surface area contributed by atoms with Gasteiger partial charge in [0.15, 0.2) is 0 Å². The molecule has 1 aromatic heterocycles. The van der Waals surface area contributed by atoms with Crippen LogP contribution in [0.2, 0.25) is 0 Å². The lowest BCUT2D eigenvalue weighted by molar-refractivity contribution is -0.120. The Hall–Kier alpha value is -2.91. The molecular weight excluding hydrogens is 380 g/mol. The average Bonchev–Trinajstić information content (AvgIpc) is 3.06. The highest BCUT2D eigenvalue weighted by Gasteiger charge is 2.37. The molecule has 9 heteroatoms. The molecule has 3 aromatic rings. The minimum atomic E-state index is -3.56. The van der Waals surface area contributed by atoms with Crippen molar-refractivity contribution in [2.45, 2.75) is 25.9 Å². The van der Waals surface area contributed by atoms with Crippen LogP contribution in [-0.2, 0) is 27.8 Å². The summed E-state index contributed by atoms with van der Waals surface area (Å²) < 4.78 is 26.5. The zero-order valence-corrected chi connectivity index (χ0v) is 16.0. The molecule has 1 atom stereocenters. The van der Waals surface area contributed by atoms with Crippen LogP contribution in [0.1, 0.15) is 18.1 Å². The van der Waals surface area contributed by atoms with Gasteiger partial charge in [0.05, 0.1) is 16.8 Å². The summed E-state index contributed by atoms with van der Waals surface area (Å²) in [6, 6.07) is 11.7. The van der Waals surface area contributed by atoms with E-state index >= 15 is 0 Å². The molecule has 2 heterocycles. The van der Waals surface area contributed by atoms with E-state index in [0.717, 1.165) is 11.1 Å². The van der Waals surface area contributed by atoms with Crippen LogP contribution in [-0.4, -0.2) is 40.4 Å². The number of rotatable bonds is 4. The number of imidazole rings is 1. The highest BCUT2D eigenvalue weighted by Crippen LogP contribution is 2.27. The first-order valence-electron chi connectivity index (χ1n) is 8.96. The van der Waals surface area contributed by atoms with Crippen molar-refractivity contribution in [1.82, 2.24) is 14.3 Å². The number of amides is 1. The minimum absolute atomic E-state index is 0.0739. The molecule has 8 nitrogen and oxygen atoms in total. The summed E-state index contributed by atoms with van der Waals surface area (Å²) in [5.74, 6) is -0.473. The maximum absolute atomic E-state index is 13.0. The fourth-order valence-electron chi connectivity index (χ4n) is 3.52. The van der Waals surface area contributed by atoms with Gasteiger partial charge in [-0.25, -0.2) is 13.2 Å². The summed E-state index contributed by atoms with van der Waals surface area (Å²) in [6.07, 6.45) is 0.310. The maximum atomic E-state index is 13.0. The molecule has 0 spiro atoms. The van der Waals surface area contributed by atoms with Crippen LogP contribution >= 0.6 is 0 Å². The number of anilines is 1. The second kappa shape index (κ2) is 6.92. The average molecular weight is 400 g/mol. The van der Waals surface area contributed by atoms with Crippen molar-refractivity contribution in [1.29, 1.82) is 0 Å². The smallest absolute Gasteiger partial charge is 0.323 e. The Labute approximate surface area is 161 Å². The van der Waals surface area contributed by atoms with Gasteiger partial charge in [0, 0.05) is 12.2 Å². The maximum Gasteiger partial charge on any atom is 0.323 e. The third-order valence-electron chi connectivity index (χ3n) is 5.01. The molecule has 0 bridgehead atoms. The molecular formula is C19H20N4O4S. The number of hydrogen-bond acceptors (Lipinski definition) is 4. The lowest BCUT2D eigenvalue weighted by atomic mass is 9.95. The Morgan fingerprint density at radius 1 is 1.14 bits per heavy atom. The van der Waals surface area contributed by atoms with Gasteiger partial charge in [0.1, 0.15) is 6.04 Å². The molecule has 0 radical (unpaired) electrons. The molecule has 1 aliphatic heterocycles. The van der Waals surface area contributed by atoms with Crippen molar-refractivity contribution < 1.29 is 13.2 Å². The molecule has 28 heavy (non-hydrogen) atoms. The van der Waals surface area contributed by atoms with Gasteiger partial charge in [-0.1, -0.05) is 24.3 Å². The van der Waals surface area contributed by atoms with Crippen LogP contribution in [0, 0.1) is 0 Å². The Morgan fingerprint density at radius 3 is 2.61 bits per heavy atom. The number of benzene rings is 2. The van der Waals surface area contributed by atoms with Gasteiger partial charge in [-0.15, -0.1) is 0 Å². The number of fused-ring (bicyclic) bond motifs is 2. The third kappa shape index (κ3) is 3.34. The molecule has 0 fully saturated rings. The lowest BCUT2D eigenvalue weighted by Gasteiger charge is -2.34. The standard InChI is InChI=1S/C19H20N4O4S/c1-2-28(26,27)23-11-13-6-4-3-5-12(13)9-17(23)18(24)20-14-7-8-15-16(10-14)22-19(25)21-15/h3-8,10,17H,2,9,11H2,1H3,(H,20,24)(H2,21,22,25)/t17-/m0/s1. The van der Waals surface area contributed by atoms with Crippen LogP contribution in [0.15, 0.2) is 47.3 Å². The first-order valence-corrected chi connectivity index (χ1v) is 10.6. The van der Waals surface area contributed by atoms with Gasteiger partial charge in [0.2, 0.25) is 15.9 Å². The first-order chi connectivity index (χ1) is 13.4. The van der Waals surface area contributed by atoms with Crippen molar-refractivity contribution in [3.8, 4) is 0 Å². The third-order valence-corrected chi connectivity index (χ3v) is 6.84. The van der Waals surface area contributed by atoms with E-state index in [1.54, 1.807) is 25.1 Å². The summed E-state index contributed by atoms with van der Waals surface area (Å²) in [6.45, 7) is 1.75. The van der Waals surface area contributed by atoms with E-state index in [1.165, 1.54) is 4.31 Å². The first kappa shape index (κ1) is 18.5. The van der Waals surface area contributed by atoms with Crippen LogP contribution in [0.25, 0.3) is 11.0 Å². The molecule has 1 aliphatic rings. The van der Waals surface area contributed by atoms with E-state index in [1.807, 2.05) is 24.3 Å². The van der Waals surface area contributed by atoms with Crippen molar-refractivity contribution in [2.24, 2.45) is 0 Å². The van der Waals surface area contributed by atoms with Crippen molar-refractivity contribution in [2.75, 3.05) is 11.1 Å². The van der Waals surface area contributed by atoms with E-state index in [0.29, 0.717) is 23.1 Å². The van der Waals surface area contributed by atoms with Crippen molar-refractivity contribution >= 4 is 32.7 Å². The monoisotopic (exact) mass is 400 g/mol. The predicted molar refractivity (Wildman–Crippen MR) is 106 cm³/mol. The summed E-state index contributed by atoms with van der Waals surface area (Å²) in [5.41, 5.74) is 3.23. The van der Waals surface area contributed by atoms with E-state index in [4.69, 9.17) is 0 Å². The Bertz CT molecular complexity index is 1210. The second-order valence-electron chi connectivity index (χ2n) is 6.76. The molecule has 0 saturated heterocycles. The highest BCUT2D eigenvalue weighted by molar-refractivity contribution is 7.89. The summed E-state index contributed by atoms with van der Waals surface area (Å²) >= 11 is 0. The van der Waals surface area contributed by atoms with Gasteiger partial charge >= 0.3 is 5.69 Å². The normalized spacial score (nSPS) is 17.4. The zero-order chi connectivity index (χ0) is 19.9. The van der Waals surface area contributed by atoms with Crippen molar-refractivity contribution in [3.63, 3.8) is 0 Å². The van der Waals surface area contributed by atoms with Crippen LogP contribution in [0.4, 0.5) is 5.69 Å². The van der Waals surface area contributed by atoms with Crippen LogP contribution in [0.5, 0.6) is 0 Å². The second-order valence-corrected chi connectivity index (χ2v) is 8.97. The highest BCUT2D eigenvalue weighted by atomic mass is 32.2. The van der Waals surface area contributed by atoms with E-state index in [2.05, 4.69) is 15.3 Å². The zero-order valence-electron chi connectivity index (χ0n) is 15.2. The fourth-order valence-corrected chi connectivity index (χ4v) is 4.74. The Kier molecular flexibility index (Phi) is 4.56. The van der Waals surface area contributed by atoms with Crippen LogP contribution in [0.3, 0.4) is 0 Å². The van der Waals surface area contributed by atoms with E-state index in [9.17, 15) is 18.0 Å². The van der Waals surface area contributed by atoms with E-state index < -0.39 is 22.0 Å². The van der Waals surface area contributed by atoms with E-state index in [-0.39, 0.29) is 18.0 Å². The number of nitrogens with one attached hydrogen (secondary N) is 3. The Balaban J connectivity index is 1.65. The molecule has 146 valence electrons. The lowest BCUT2D eigenvalue weighted by Crippen LogP contribution is -2.51. The predicted octanol–water partition coefficient (Wildman–Crippen LogP) is 1.57. The number of aromatic nitrogens is 2. The van der Waals surface area contributed by atoms with Crippen molar-refractivity contribution in [3.05, 3.63) is 64.1 Å². The molecule has 0 unspecified atom stereocenters. The van der Waals surface area contributed by atoms with Gasteiger partial charge < -0.3 is 15.3 Å². The SMILES string of the molecule is CCS(=O)(=O)N1Cc2ccccc2C[C@H]1C(=O)Nc1ccc2[nH]c(=O)[nH]c2c1. The molecule has 1 amide bonds. The fraction of sp³-hybridized carbons (Fsp3) is 0.263. The summed E-state index contributed by atoms with van der Waals surface area (Å²) in [7, 11) is -3.56. The molecule has 2 aromatic carbocycles. The van der Waals surface area contributed by atoms with Gasteiger partial charge in [0.25, 0.3) is 0 Å². The topological polar surface area (TPSA) is 115 Å². The minimum Gasteiger partial charge on any atom is -0.325 e. The quantitative estimate of drug-likeness (QED) is 0.616. The number of hydrogen-bond donors (Lipinski definition) is 3. The number of carbonyl (C=O) groups is 1. The molecule has 0 saturated carbocycles. The Morgan fingerprint density at radius 2 is 1.86 bits per heavy atom. The largest absolute Gasteiger partial charge is 0.325 e. The molecule has 4 rings (SSSR count). The number of sulfonamides is 1. The number of nitrogens with zero attached hydrogens (tertiary/aromatic N) is 1.